The zero-order valence-electron chi connectivity index (χ0n) is 7.46. The summed E-state index contributed by atoms with van der Waals surface area (Å²) in [4.78, 5) is 17.9. The Labute approximate surface area is 80.7 Å². The van der Waals surface area contributed by atoms with Gasteiger partial charge < -0.3 is 4.98 Å². The first-order valence-corrected chi connectivity index (χ1v) is 3.86. The van der Waals surface area contributed by atoms with Gasteiger partial charge >= 0.3 is 0 Å². The summed E-state index contributed by atoms with van der Waals surface area (Å²) < 4.78 is 12.4. The first-order chi connectivity index (χ1) is 6.65. The quantitative estimate of drug-likeness (QED) is 0.451. The van der Waals surface area contributed by atoms with Crippen LogP contribution >= 0.6 is 0 Å². The summed E-state index contributed by atoms with van der Waals surface area (Å²) >= 11 is 0. The van der Waals surface area contributed by atoms with E-state index >= 15 is 0 Å². The summed E-state index contributed by atoms with van der Waals surface area (Å²) in [5.74, 6) is -1.05. The number of halogens is 1. The number of rotatable bonds is 4. The number of hydrogen-bond acceptors (Lipinski definition) is 2. The van der Waals surface area contributed by atoms with Gasteiger partial charge in [-0.05, 0) is 6.08 Å². The van der Waals surface area contributed by atoms with Crippen molar-refractivity contribution >= 4 is 5.78 Å². The molecule has 0 aliphatic rings. The molecule has 1 N–H and O–H groups in total. The van der Waals surface area contributed by atoms with Crippen LogP contribution in [0.15, 0.2) is 49.2 Å². The molecule has 1 rings (SSSR count). The highest BCUT2D eigenvalue weighted by atomic mass is 19.1. The Morgan fingerprint density at radius 3 is 2.79 bits per heavy atom. The Kier molecular flexibility index (Phi) is 3.12. The van der Waals surface area contributed by atoms with Crippen LogP contribution in [0.2, 0.25) is 0 Å². The lowest BCUT2D eigenvalue weighted by molar-refractivity contribution is 0.103. The second kappa shape index (κ2) is 4.32. The molecule has 0 saturated carbocycles. The maximum absolute atomic E-state index is 12.4. The number of carbonyl (C=O) groups excluding carboxylic acids is 1. The van der Waals surface area contributed by atoms with Gasteiger partial charge in [0.25, 0.3) is 0 Å². The van der Waals surface area contributed by atoms with Gasteiger partial charge in [-0.15, -0.1) is 0 Å². The molecule has 1 heterocycles. The van der Waals surface area contributed by atoms with Crippen LogP contribution in [-0.4, -0.2) is 15.8 Å². The van der Waals surface area contributed by atoms with Gasteiger partial charge in [0.2, 0.25) is 5.78 Å². The molecule has 0 amide bonds. The summed E-state index contributed by atoms with van der Waals surface area (Å²) in [6.07, 6.45) is 5.03. The normalized spacial score (nSPS) is 11.1. The van der Waals surface area contributed by atoms with Crippen LogP contribution < -0.4 is 0 Å². The fourth-order valence-electron chi connectivity index (χ4n) is 0.921. The van der Waals surface area contributed by atoms with Crippen LogP contribution in [0.1, 0.15) is 10.5 Å². The maximum Gasteiger partial charge on any atom is 0.210 e. The minimum absolute atomic E-state index is 0.141. The summed E-state index contributed by atoms with van der Waals surface area (Å²) in [6, 6.07) is 0. The molecule has 0 aliphatic heterocycles. The van der Waals surface area contributed by atoms with E-state index in [0.29, 0.717) is 0 Å². The predicted octanol–water partition coefficient (Wildman–Crippen LogP) is 2.19. The van der Waals surface area contributed by atoms with Crippen LogP contribution in [-0.2, 0) is 0 Å². The Balaban J connectivity index is 2.98. The SMILES string of the molecule is C=C/C(=C\C(=C)F)C(=O)c1cnc[nH]1. The molecule has 0 atom stereocenters. The van der Waals surface area contributed by atoms with Gasteiger partial charge in [0, 0.05) is 5.57 Å². The number of hydrogen-bond donors (Lipinski definition) is 1. The Hall–Kier alpha value is -1.97. The molecule has 14 heavy (non-hydrogen) atoms. The number of nitrogens with one attached hydrogen (secondary N) is 1. The molecule has 72 valence electrons. The van der Waals surface area contributed by atoms with Crippen LogP contribution in [0.3, 0.4) is 0 Å². The zero-order chi connectivity index (χ0) is 10.6. The Morgan fingerprint density at radius 1 is 1.64 bits per heavy atom. The van der Waals surface area contributed by atoms with Gasteiger partial charge in [-0.1, -0.05) is 19.2 Å². The number of nitrogens with zero attached hydrogens (tertiary/aromatic N) is 1. The molecule has 0 aromatic carbocycles. The largest absolute Gasteiger partial charge is 0.342 e. The molecular weight excluding hydrogens is 183 g/mol. The average molecular weight is 192 g/mol. The molecular formula is C10H9FN2O. The summed E-state index contributed by atoms with van der Waals surface area (Å²) in [5, 5.41) is 0. The number of H-pyrrole nitrogens is 1. The number of Topliss-reactive ketones (excluding diaryl/α,β-unsaturated/α-hetero) is 1. The fraction of sp³-hybridized carbons (Fsp3) is 0. The average Bonchev–Trinajstić information content (AvgIpc) is 2.65. The lowest BCUT2D eigenvalue weighted by atomic mass is 10.1. The van der Waals surface area contributed by atoms with E-state index < -0.39 is 5.83 Å². The highest BCUT2D eigenvalue weighted by Crippen LogP contribution is 2.09. The standard InChI is InChI=1S/C10H9FN2O/c1-3-8(4-7(2)11)10(14)9-5-12-6-13-9/h3-6H,1-2H2,(H,12,13)/b8-4+. The third-order valence-electron chi connectivity index (χ3n) is 1.54. The van der Waals surface area contributed by atoms with E-state index in [4.69, 9.17) is 0 Å². The number of ketones is 1. The van der Waals surface area contributed by atoms with Crippen molar-refractivity contribution < 1.29 is 9.18 Å². The van der Waals surface area contributed by atoms with Gasteiger partial charge in [-0.3, -0.25) is 4.79 Å². The smallest absolute Gasteiger partial charge is 0.210 e. The van der Waals surface area contributed by atoms with Gasteiger partial charge in [-0.25, -0.2) is 9.37 Å². The Morgan fingerprint density at radius 2 is 2.36 bits per heavy atom. The maximum atomic E-state index is 12.4. The molecule has 1 aromatic rings. The third-order valence-corrected chi connectivity index (χ3v) is 1.54. The Bertz CT molecular complexity index is 390. The second-order valence-electron chi connectivity index (χ2n) is 2.55. The highest BCUT2D eigenvalue weighted by Gasteiger charge is 2.10. The van der Waals surface area contributed by atoms with Crippen molar-refractivity contribution in [2.45, 2.75) is 0 Å². The van der Waals surface area contributed by atoms with Gasteiger partial charge in [0.05, 0.1) is 12.5 Å². The van der Waals surface area contributed by atoms with Crippen molar-refractivity contribution in [3.05, 3.63) is 54.9 Å². The molecule has 0 spiro atoms. The molecule has 0 saturated heterocycles. The molecule has 0 bridgehead atoms. The zero-order valence-corrected chi connectivity index (χ0v) is 7.46. The van der Waals surface area contributed by atoms with Gasteiger partial charge in [0.15, 0.2) is 0 Å². The number of aromatic nitrogens is 2. The van der Waals surface area contributed by atoms with Crippen molar-refractivity contribution in [1.29, 1.82) is 0 Å². The highest BCUT2D eigenvalue weighted by molar-refractivity contribution is 6.09. The van der Waals surface area contributed by atoms with E-state index in [2.05, 4.69) is 23.1 Å². The van der Waals surface area contributed by atoms with Gasteiger partial charge in [-0.2, -0.15) is 0 Å². The van der Waals surface area contributed by atoms with Crippen LogP contribution in [0.4, 0.5) is 4.39 Å². The molecule has 0 radical (unpaired) electrons. The van der Waals surface area contributed by atoms with E-state index in [1.54, 1.807) is 0 Å². The molecule has 0 fully saturated rings. The number of aromatic amines is 1. The van der Waals surface area contributed by atoms with Crippen LogP contribution in [0.5, 0.6) is 0 Å². The van der Waals surface area contributed by atoms with Crippen LogP contribution in [0, 0.1) is 0 Å². The first-order valence-electron chi connectivity index (χ1n) is 3.86. The summed E-state index contributed by atoms with van der Waals surface area (Å²) in [5.41, 5.74) is 0.430. The van der Waals surface area contributed by atoms with E-state index in [0.717, 1.165) is 6.08 Å². The summed E-state index contributed by atoms with van der Waals surface area (Å²) in [7, 11) is 0. The van der Waals surface area contributed by atoms with Crippen LogP contribution in [0.25, 0.3) is 0 Å². The van der Waals surface area contributed by atoms with Crippen molar-refractivity contribution in [3.8, 4) is 0 Å². The molecule has 4 heteroatoms. The molecule has 1 aromatic heterocycles. The number of imidazole rings is 1. The van der Waals surface area contributed by atoms with E-state index in [1.807, 2.05) is 0 Å². The van der Waals surface area contributed by atoms with Crippen molar-refractivity contribution in [2.75, 3.05) is 0 Å². The number of allylic oxidation sites excluding steroid dienone is 4. The predicted molar refractivity (Wildman–Crippen MR) is 51.4 cm³/mol. The molecule has 0 aliphatic carbocycles. The number of carbonyl (C=O) groups is 1. The summed E-state index contributed by atoms with van der Waals surface area (Å²) in [6.45, 7) is 6.45. The minimum Gasteiger partial charge on any atom is -0.342 e. The first kappa shape index (κ1) is 10.1. The van der Waals surface area contributed by atoms with Crippen molar-refractivity contribution in [3.63, 3.8) is 0 Å². The van der Waals surface area contributed by atoms with E-state index in [1.165, 1.54) is 18.6 Å². The van der Waals surface area contributed by atoms with Gasteiger partial charge in [0.1, 0.15) is 11.5 Å². The topological polar surface area (TPSA) is 45.8 Å². The minimum atomic E-state index is -0.687. The third kappa shape index (κ3) is 2.26. The van der Waals surface area contributed by atoms with Crippen molar-refractivity contribution in [2.24, 2.45) is 0 Å². The monoisotopic (exact) mass is 192 g/mol. The fourth-order valence-corrected chi connectivity index (χ4v) is 0.921. The molecule has 0 unspecified atom stereocenters. The van der Waals surface area contributed by atoms with Crippen molar-refractivity contribution in [1.82, 2.24) is 9.97 Å². The van der Waals surface area contributed by atoms with E-state index in [9.17, 15) is 9.18 Å². The second-order valence-corrected chi connectivity index (χ2v) is 2.55. The molecule has 3 nitrogen and oxygen atoms in total. The van der Waals surface area contributed by atoms with E-state index in [-0.39, 0.29) is 17.1 Å². The lowest BCUT2D eigenvalue weighted by Gasteiger charge is -1.96. The lowest BCUT2D eigenvalue weighted by Crippen LogP contribution is -2.01.